The van der Waals surface area contributed by atoms with E-state index in [0.717, 1.165) is 11.1 Å². The van der Waals surface area contributed by atoms with Crippen LogP contribution in [0.1, 0.15) is 87.1 Å². The monoisotopic (exact) mass is 387 g/mol. The molecule has 2 aromatic carbocycles. The Balaban J connectivity index is 2.36. The van der Waals surface area contributed by atoms with Gasteiger partial charge < -0.3 is 4.52 Å². The van der Waals surface area contributed by atoms with Gasteiger partial charge in [-0.1, -0.05) is 84.0 Å². The number of rotatable bonds is 8. The van der Waals surface area contributed by atoms with Gasteiger partial charge in [0.15, 0.2) is 0 Å². The molecule has 0 spiro atoms. The van der Waals surface area contributed by atoms with Gasteiger partial charge in [-0.3, -0.25) is 10.1 Å². The molecule has 0 fully saturated rings. The van der Waals surface area contributed by atoms with Crippen LogP contribution in [-0.2, 0) is 21.9 Å². The molecule has 4 heteroatoms. The second kappa shape index (κ2) is 9.19. The van der Waals surface area contributed by atoms with E-state index in [1.54, 1.807) is 0 Å². The minimum atomic E-state index is -3.25. The molecule has 0 saturated carbocycles. The van der Waals surface area contributed by atoms with Gasteiger partial charge in [-0.2, -0.15) is 0 Å². The molecule has 1 atom stereocenters. The summed E-state index contributed by atoms with van der Waals surface area (Å²) < 4.78 is 18.8. The van der Waals surface area contributed by atoms with Crippen LogP contribution in [0.15, 0.2) is 42.5 Å². The van der Waals surface area contributed by atoms with Crippen molar-refractivity contribution in [2.75, 3.05) is 0 Å². The summed E-state index contributed by atoms with van der Waals surface area (Å²) in [6.07, 6.45) is 0.277. The van der Waals surface area contributed by atoms with E-state index in [4.69, 9.17) is 10.0 Å². The Morgan fingerprint density at radius 2 is 1.41 bits per heavy atom. The van der Waals surface area contributed by atoms with Crippen molar-refractivity contribution in [3.05, 3.63) is 70.3 Å². The van der Waals surface area contributed by atoms with E-state index < -0.39 is 7.52 Å². The highest BCUT2D eigenvalue weighted by Crippen LogP contribution is 2.46. The third-order valence-electron chi connectivity index (χ3n) is 4.92. The minimum absolute atomic E-state index is 0.271. The molecule has 0 aliphatic carbocycles. The zero-order valence-electron chi connectivity index (χ0n) is 17.5. The van der Waals surface area contributed by atoms with Crippen molar-refractivity contribution in [1.29, 1.82) is 0 Å². The van der Waals surface area contributed by atoms with Gasteiger partial charge in [-0.25, -0.2) is 0 Å². The van der Waals surface area contributed by atoms with E-state index in [-0.39, 0.29) is 12.8 Å². The van der Waals surface area contributed by atoms with Crippen molar-refractivity contribution < 1.29 is 9.09 Å². The van der Waals surface area contributed by atoms with Crippen molar-refractivity contribution in [3.63, 3.8) is 0 Å². The minimum Gasteiger partial charge on any atom is -0.313 e. The fraction of sp³-hybridized carbons (Fsp3) is 0.478. The number of benzene rings is 2. The Morgan fingerprint density at radius 3 is 1.85 bits per heavy atom. The molecule has 2 aromatic rings. The Labute approximate surface area is 164 Å². The lowest BCUT2D eigenvalue weighted by molar-refractivity contribution is 0.302. The third-order valence-corrected chi connectivity index (χ3v) is 6.25. The maximum atomic E-state index is 13.1. The van der Waals surface area contributed by atoms with Crippen molar-refractivity contribution in [2.24, 2.45) is 5.50 Å². The lowest BCUT2D eigenvalue weighted by Crippen LogP contribution is -2.10. The van der Waals surface area contributed by atoms with Gasteiger partial charge in [0.2, 0.25) is 0 Å². The molecular weight excluding hydrogens is 353 g/mol. The number of hydrogen-bond acceptors (Lipinski definition) is 2. The van der Waals surface area contributed by atoms with Crippen molar-refractivity contribution in [1.82, 2.24) is 0 Å². The maximum absolute atomic E-state index is 13.1. The first kappa shape index (κ1) is 21.9. The average Bonchev–Trinajstić information content (AvgIpc) is 2.60. The van der Waals surface area contributed by atoms with Gasteiger partial charge in [0.05, 0.1) is 12.8 Å². The summed E-state index contributed by atoms with van der Waals surface area (Å²) in [5.41, 5.74) is 12.0. The van der Waals surface area contributed by atoms with Gasteiger partial charge in [0, 0.05) is 0 Å². The summed E-state index contributed by atoms with van der Waals surface area (Å²) in [6, 6.07) is 14.3. The van der Waals surface area contributed by atoms with Crippen LogP contribution in [0.25, 0.3) is 0 Å². The van der Waals surface area contributed by atoms with E-state index in [2.05, 4.69) is 53.7 Å². The molecule has 0 saturated heterocycles. The molecule has 3 nitrogen and oxygen atoms in total. The molecular formula is C23H34NO2P. The smallest absolute Gasteiger partial charge is 0.271 e. The molecule has 0 radical (unpaired) electrons. The molecule has 2 rings (SSSR count). The van der Waals surface area contributed by atoms with Crippen molar-refractivity contribution >= 4 is 7.52 Å². The van der Waals surface area contributed by atoms with Crippen LogP contribution in [0.2, 0.25) is 0 Å². The zero-order valence-corrected chi connectivity index (χ0v) is 18.4. The van der Waals surface area contributed by atoms with Crippen LogP contribution in [0.4, 0.5) is 0 Å². The SMILES string of the molecule is CC(C)c1cc(C(C)C)c(CP(N)(=O)OCc2ccccc2)c(C(C)C)c1. The first-order valence-electron chi connectivity index (χ1n) is 9.83. The summed E-state index contributed by atoms with van der Waals surface area (Å²) in [5, 5.41) is 0. The molecule has 0 heterocycles. The molecule has 0 aliphatic heterocycles. The number of nitrogens with two attached hydrogens (primary N) is 1. The highest BCUT2D eigenvalue weighted by molar-refractivity contribution is 7.55. The molecule has 0 bridgehead atoms. The van der Waals surface area contributed by atoms with E-state index in [9.17, 15) is 4.57 Å². The Kier molecular flexibility index (Phi) is 7.45. The molecule has 148 valence electrons. The molecule has 2 N–H and O–H groups in total. The topological polar surface area (TPSA) is 52.3 Å². The van der Waals surface area contributed by atoms with Crippen LogP contribution in [0.3, 0.4) is 0 Å². The Bertz CT molecular complexity index is 768. The van der Waals surface area contributed by atoms with Crippen LogP contribution >= 0.6 is 7.52 Å². The molecule has 0 aromatic heterocycles. The maximum Gasteiger partial charge on any atom is 0.271 e. The van der Waals surface area contributed by atoms with Gasteiger partial charge in [-0.05, 0) is 45.6 Å². The van der Waals surface area contributed by atoms with E-state index in [1.165, 1.54) is 16.7 Å². The molecule has 0 aliphatic rings. The Hall–Kier alpha value is -1.41. The van der Waals surface area contributed by atoms with E-state index in [1.807, 2.05) is 30.3 Å². The summed E-state index contributed by atoms with van der Waals surface area (Å²) >= 11 is 0. The summed E-state index contributed by atoms with van der Waals surface area (Å²) in [6.45, 7) is 13.4. The lowest BCUT2D eigenvalue weighted by Gasteiger charge is -2.24. The first-order valence-corrected chi connectivity index (χ1v) is 11.7. The third kappa shape index (κ3) is 6.04. The van der Waals surface area contributed by atoms with Crippen LogP contribution in [0.5, 0.6) is 0 Å². The summed E-state index contributed by atoms with van der Waals surface area (Å²) in [5.74, 6) is 1.13. The Morgan fingerprint density at radius 1 is 0.889 bits per heavy atom. The van der Waals surface area contributed by atoms with Gasteiger partial charge in [-0.15, -0.1) is 0 Å². The van der Waals surface area contributed by atoms with Crippen LogP contribution in [0, 0.1) is 0 Å². The normalized spacial score (nSPS) is 14.1. The quantitative estimate of drug-likeness (QED) is 0.500. The van der Waals surface area contributed by atoms with Gasteiger partial charge in [0.25, 0.3) is 7.52 Å². The summed E-state index contributed by atoms with van der Waals surface area (Å²) in [4.78, 5) is 0. The van der Waals surface area contributed by atoms with E-state index in [0.29, 0.717) is 17.8 Å². The van der Waals surface area contributed by atoms with Crippen LogP contribution < -0.4 is 5.50 Å². The average molecular weight is 388 g/mol. The van der Waals surface area contributed by atoms with Gasteiger partial charge in [0.1, 0.15) is 0 Å². The second-order valence-corrected chi connectivity index (χ2v) is 10.3. The first-order chi connectivity index (χ1) is 12.6. The molecule has 1 unspecified atom stereocenters. The molecule has 27 heavy (non-hydrogen) atoms. The highest BCUT2D eigenvalue weighted by atomic mass is 31.2. The predicted molar refractivity (Wildman–Crippen MR) is 115 cm³/mol. The fourth-order valence-corrected chi connectivity index (χ4v) is 4.58. The molecule has 0 amide bonds. The van der Waals surface area contributed by atoms with Crippen molar-refractivity contribution in [3.8, 4) is 0 Å². The zero-order chi connectivity index (χ0) is 20.2. The van der Waals surface area contributed by atoms with Crippen LogP contribution in [-0.4, -0.2) is 0 Å². The lowest BCUT2D eigenvalue weighted by atomic mass is 9.85. The predicted octanol–water partition coefficient (Wildman–Crippen LogP) is 6.93. The fourth-order valence-electron chi connectivity index (χ4n) is 3.31. The largest absolute Gasteiger partial charge is 0.313 e. The summed E-state index contributed by atoms with van der Waals surface area (Å²) in [7, 11) is -3.25. The highest BCUT2D eigenvalue weighted by Gasteiger charge is 2.25. The standard InChI is InChI=1S/C23H34NO2P/c1-16(2)20-12-21(17(3)4)23(22(13-20)18(5)6)15-27(24,25)26-14-19-10-8-7-9-11-19/h7-13,16-18H,14-15H2,1-6H3,(H2,24,25). The second-order valence-electron chi connectivity index (χ2n) is 8.29. The number of hydrogen-bond donors (Lipinski definition) is 1. The van der Waals surface area contributed by atoms with E-state index >= 15 is 0 Å². The van der Waals surface area contributed by atoms with Crippen molar-refractivity contribution in [2.45, 2.75) is 72.1 Å². The van der Waals surface area contributed by atoms with Gasteiger partial charge >= 0.3 is 0 Å².